The molecular weight excluding hydrogens is 271 g/mol. The first-order valence-corrected chi connectivity index (χ1v) is 6.46. The van der Waals surface area contributed by atoms with Crippen LogP contribution >= 0.6 is 0 Å². The highest BCUT2D eigenvalue weighted by Gasteiger charge is 2.32. The Kier molecular flexibility index (Phi) is 6.51. The maximum absolute atomic E-state index is 12.7. The van der Waals surface area contributed by atoms with Crippen LogP contribution in [0.1, 0.15) is 30.9 Å². The molecule has 0 aliphatic heterocycles. The van der Waals surface area contributed by atoms with Gasteiger partial charge >= 0.3 is 12.1 Å². The average molecular weight is 289 g/mol. The van der Waals surface area contributed by atoms with Gasteiger partial charge in [-0.25, -0.2) is 0 Å². The topological polar surface area (TPSA) is 38.3 Å². The summed E-state index contributed by atoms with van der Waals surface area (Å²) in [6.45, 7) is 2.65. The van der Waals surface area contributed by atoms with Crippen molar-refractivity contribution in [3.63, 3.8) is 0 Å². The summed E-state index contributed by atoms with van der Waals surface area (Å²) in [6.07, 6.45) is -3.54. The molecule has 0 saturated heterocycles. The van der Waals surface area contributed by atoms with E-state index in [2.05, 4.69) is 5.32 Å². The van der Waals surface area contributed by atoms with Gasteiger partial charge in [0.05, 0.1) is 12.2 Å². The molecule has 0 unspecified atom stereocenters. The van der Waals surface area contributed by atoms with Crippen LogP contribution in [0.15, 0.2) is 24.3 Å². The number of nitrogens with one attached hydrogen (secondary N) is 1. The van der Waals surface area contributed by atoms with Crippen LogP contribution in [-0.2, 0) is 22.3 Å². The standard InChI is InChI=1S/C14H18F3NO2/c1-2-20-13(19)8-5-9-18-10-11-6-3-4-7-12(11)14(15,16)17/h3-4,6-7,18H,2,5,8-10H2,1H3. The molecule has 20 heavy (non-hydrogen) atoms. The first kappa shape index (κ1) is 16.5. The molecule has 0 bridgehead atoms. The van der Waals surface area contributed by atoms with E-state index in [1.165, 1.54) is 12.1 Å². The van der Waals surface area contributed by atoms with Crippen molar-refractivity contribution in [3.05, 3.63) is 35.4 Å². The van der Waals surface area contributed by atoms with Gasteiger partial charge in [0.1, 0.15) is 0 Å². The minimum atomic E-state index is -4.34. The monoisotopic (exact) mass is 289 g/mol. The number of hydrogen-bond donors (Lipinski definition) is 1. The maximum atomic E-state index is 12.7. The fourth-order valence-electron chi connectivity index (χ4n) is 1.76. The molecule has 0 saturated carbocycles. The average Bonchev–Trinajstić information content (AvgIpc) is 2.38. The molecule has 0 spiro atoms. The molecule has 0 aliphatic carbocycles. The van der Waals surface area contributed by atoms with E-state index in [0.717, 1.165) is 6.07 Å². The van der Waals surface area contributed by atoms with Crippen molar-refractivity contribution in [2.24, 2.45) is 0 Å². The van der Waals surface area contributed by atoms with E-state index in [-0.39, 0.29) is 24.5 Å². The number of esters is 1. The second-order valence-corrected chi connectivity index (χ2v) is 4.24. The van der Waals surface area contributed by atoms with Crippen LogP contribution in [0.4, 0.5) is 13.2 Å². The first-order valence-electron chi connectivity index (χ1n) is 6.46. The lowest BCUT2D eigenvalue weighted by Crippen LogP contribution is -2.19. The highest BCUT2D eigenvalue weighted by atomic mass is 19.4. The van der Waals surface area contributed by atoms with Crippen molar-refractivity contribution >= 4 is 5.97 Å². The zero-order valence-electron chi connectivity index (χ0n) is 11.3. The van der Waals surface area contributed by atoms with Crippen molar-refractivity contribution < 1.29 is 22.7 Å². The molecular formula is C14H18F3NO2. The van der Waals surface area contributed by atoms with Gasteiger partial charge in [0.2, 0.25) is 0 Å². The third-order valence-corrected chi connectivity index (χ3v) is 2.68. The van der Waals surface area contributed by atoms with E-state index >= 15 is 0 Å². The summed E-state index contributed by atoms with van der Waals surface area (Å²) in [5.74, 6) is -0.287. The SMILES string of the molecule is CCOC(=O)CCCNCc1ccccc1C(F)(F)F. The summed E-state index contributed by atoms with van der Waals surface area (Å²) in [4.78, 5) is 11.1. The number of rotatable bonds is 7. The number of ether oxygens (including phenoxy) is 1. The van der Waals surface area contributed by atoms with Gasteiger partial charge in [-0.2, -0.15) is 13.2 Å². The molecule has 0 amide bonds. The predicted octanol–water partition coefficient (Wildman–Crippen LogP) is 3.14. The van der Waals surface area contributed by atoms with Crippen LogP contribution in [0, 0.1) is 0 Å². The van der Waals surface area contributed by atoms with Crippen LogP contribution in [0.5, 0.6) is 0 Å². The molecule has 0 aromatic heterocycles. The fourth-order valence-corrected chi connectivity index (χ4v) is 1.76. The third-order valence-electron chi connectivity index (χ3n) is 2.68. The van der Waals surface area contributed by atoms with Crippen molar-refractivity contribution in [3.8, 4) is 0 Å². The Bertz CT molecular complexity index is 433. The molecule has 1 aromatic carbocycles. The summed E-state index contributed by atoms with van der Waals surface area (Å²) in [7, 11) is 0. The highest BCUT2D eigenvalue weighted by Crippen LogP contribution is 2.31. The maximum Gasteiger partial charge on any atom is 0.416 e. The molecule has 1 aromatic rings. The van der Waals surface area contributed by atoms with Crippen molar-refractivity contribution in [1.29, 1.82) is 0 Å². The van der Waals surface area contributed by atoms with Gasteiger partial charge < -0.3 is 10.1 Å². The van der Waals surface area contributed by atoms with Gasteiger partial charge in [0.15, 0.2) is 0 Å². The predicted molar refractivity (Wildman–Crippen MR) is 69.0 cm³/mol. The van der Waals surface area contributed by atoms with Crippen LogP contribution in [0.25, 0.3) is 0 Å². The van der Waals surface area contributed by atoms with Gasteiger partial charge in [-0.1, -0.05) is 18.2 Å². The Morgan fingerprint density at radius 3 is 2.65 bits per heavy atom. The largest absolute Gasteiger partial charge is 0.466 e. The molecule has 1 rings (SSSR count). The number of benzene rings is 1. The molecule has 6 heteroatoms. The van der Waals surface area contributed by atoms with Gasteiger partial charge in [0.25, 0.3) is 0 Å². The lowest BCUT2D eigenvalue weighted by Gasteiger charge is -2.13. The molecule has 0 atom stereocenters. The second-order valence-electron chi connectivity index (χ2n) is 4.24. The zero-order chi connectivity index (χ0) is 15.0. The third kappa shape index (κ3) is 5.61. The quantitative estimate of drug-likeness (QED) is 0.619. The van der Waals surface area contributed by atoms with Crippen LogP contribution < -0.4 is 5.32 Å². The van der Waals surface area contributed by atoms with Gasteiger partial charge in [-0.05, 0) is 31.5 Å². The minimum absolute atomic E-state index is 0.124. The lowest BCUT2D eigenvalue weighted by atomic mass is 10.1. The second kappa shape index (κ2) is 7.89. The summed E-state index contributed by atoms with van der Waals surface area (Å²) < 4.78 is 42.9. The van der Waals surface area contributed by atoms with E-state index in [1.807, 2.05) is 0 Å². The van der Waals surface area contributed by atoms with Gasteiger partial charge in [0, 0.05) is 13.0 Å². The molecule has 0 fully saturated rings. The Morgan fingerprint density at radius 1 is 1.30 bits per heavy atom. The van der Waals surface area contributed by atoms with Crippen LogP contribution in [-0.4, -0.2) is 19.1 Å². The molecule has 1 N–H and O–H groups in total. The Hall–Kier alpha value is -1.56. The smallest absolute Gasteiger partial charge is 0.416 e. The summed E-state index contributed by atoms with van der Waals surface area (Å²) in [5.41, 5.74) is -0.422. The normalized spacial score (nSPS) is 11.4. The van der Waals surface area contributed by atoms with Gasteiger partial charge in [-0.3, -0.25) is 4.79 Å². The van der Waals surface area contributed by atoms with E-state index in [0.29, 0.717) is 19.6 Å². The number of hydrogen-bond acceptors (Lipinski definition) is 3. The van der Waals surface area contributed by atoms with Crippen LogP contribution in [0.2, 0.25) is 0 Å². The van der Waals surface area contributed by atoms with Crippen molar-refractivity contribution in [2.45, 2.75) is 32.5 Å². The van der Waals surface area contributed by atoms with E-state index in [4.69, 9.17) is 4.74 Å². The molecule has 0 heterocycles. The van der Waals surface area contributed by atoms with E-state index in [9.17, 15) is 18.0 Å². The Balaban J connectivity index is 2.38. The molecule has 0 radical (unpaired) electrons. The number of carbonyl (C=O) groups is 1. The summed E-state index contributed by atoms with van der Waals surface area (Å²) in [5, 5.41) is 2.90. The van der Waals surface area contributed by atoms with Crippen LogP contribution in [0.3, 0.4) is 0 Å². The molecule has 112 valence electrons. The Labute approximate surface area is 116 Å². The fraction of sp³-hybridized carbons (Fsp3) is 0.500. The summed E-state index contributed by atoms with van der Waals surface area (Å²) in [6, 6.07) is 5.45. The molecule has 0 aliphatic rings. The Morgan fingerprint density at radius 2 is 2.00 bits per heavy atom. The van der Waals surface area contributed by atoms with E-state index < -0.39 is 11.7 Å². The minimum Gasteiger partial charge on any atom is -0.466 e. The zero-order valence-corrected chi connectivity index (χ0v) is 11.3. The summed E-state index contributed by atoms with van der Waals surface area (Å²) >= 11 is 0. The number of alkyl halides is 3. The van der Waals surface area contributed by atoms with Crippen molar-refractivity contribution in [2.75, 3.05) is 13.2 Å². The highest BCUT2D eigenvalue weighted by molar-refractivity contribution is 5.69. The lowest BCUT2D eigenvalue weighted by molar-refractivity contribution is -0.143. The number of halogens is 3. The number of carbonyl (C=O) groups excluding carboxylic acids is 1. The van der Waals surface area contributed by atoms with E-state index in [1.54, 1.807) is 13.0 Å². The van der Waals surface area contributed by atoms with Crippen molar-refractivity contribution in [1.82, 2.24) is 5.32 Å². The van der Waals surface area contributed by atoms with Gasteiger partial charge in [-0.15, -0.1) is 0 Å². The first-order chi connectivity index (χ1) is 9.45. The molecule has 3 nitrogen and oxygen atoms in total.